The van der Waals surface area contributed by atoms with E-state index in [-0.39, 0.29) is 46.1 Å². The van der Waals surface area contributed by atoms with Gasteiger partial charge < -0.3 is 30.3 Å². The third kappa shape index (κ3) is 14.6. The summed E-state index contributed by atoms with van der Waals surface area (Å²) in [6.07, 6.45) is 0. The number of hydrogen-bond acceptors (Lipinski definition) is 28. The number of hydrogen-bond donors (Lipinski definition) is 12. The molecule has 0 aliphatic carbocycles. The highest BCUT2D eigenvalue weighted by Crippen LogP contribution is 2.48. The minimum atomic E-state index is -5.37. The largest absolute Gasteiger partial charge is 0.505 e. The molecule has 0 spiro atoms. The van der Waals surface area contributed by atoms with Gasteiger partial charge in [0.15, 0.2) is 11.5 Å². The second-order valence-electron chi connectivity index (χ2n) is 17.8. The van der Waals surface area contributed by atoms with Crippen LogP contribution in [0.1, 0.15) is 0 Å². The molecule has 0 aliphatic rings. The average molecular weight is 1400 g/mol. The number of nitrogens with zero attached hydrogens (tertiary/aromatic N) is 10. The molecule has 9 rings (SSSR count). The van der Waals surface area contributed by atoms with Crippen LogP contribution in [0.25, 0.3) is 21.5 Å². The molecule has 470 valence electrons. The molecule has 9 aromatic rings. The van der Waals surface area contributed by atoms with Crippen LogP contribution in [0.4, 0.5) is 57.4 Å². The van der Waals surface area contributed by atoms with Gasteiger partial charge in [-0.2, -0.15) is 80.7 Å². The van der Waals surface area contributed by atoms with Crippen LogP contribution in [-0.4, -0.2) is 132 Å². The molecular weight excluding hydrogens is 1360 g/mol. The average Bonchev–Trinajstić information content (AvgIpc) is 0.798. The number of halogens is 2. The van der Waals surface area contributed by atoms with E-state index in [0.717, 1.165) is 62.8 Å². The highest BCUT2D eigenvalue weighted by molar-refractivity contribution is 7.87. The Morgan fingerprint density at radius 3 is 1.09 bits per heavy atom. The Morgan fingerprint density at radius 1 is 0.433 bits per heavy atom. The van der Waals surface area contributed by atoms with Crippen LogP contribution in [-0.2, 0) is 60.7 Å². The van der Waals surface area contributed by atoms with E-state index in [2.05, 4.69) is 71.0 Å². The molecule has 0 bridgehead atoms. The first-order valence-corrected chi connectivity index (χ1v) is 33.0. The number of nitrogens with one attached hydrogen (secondary N) is 4. The van der Waals surface area contributed by atoms with Crippen molar-refractivity contribution in [2.75, 3.05) is 24.9 Å². The van der Waals surface area contributed by atoms with Gasteiger partial charge in [-0.1, -0.05) is 0 Å². The Morgan fingerprint density at radius 2 is 0.778 bits per heavy atom. The monoisotopic (exact) mass is 1400 g/mol. The smallest absolute Gasteiger partial charge is 0.298 e. The van der Waals surface area contributed by atoms with Gasteiger partial charge in [-0.05, 0) is 131 Å². The van der Waals surface area contributed by atoms with Crippen molar-refractivity contribution >= 4 is 163 Å². The lowest BCUT2D eigenvalue weighted by Crippen LogP contribution is -2.16. The second-order valence-corrected chi connectivity index (χ2v) is 26.9. The van der Waals surface area contributed by atoms with Gasteiger partial charge >= 0.3 is 0 Å². The maximum atomic E-state index is 12.7. The zero-order valence-corrected chi connectivity index (χ0v) is 50.6. The zero-order valence-electron chi connectivity index (χ0n) is 44.2. The molecule has 0 atom stereocenters. The summed E-state index contributed by atoms with van der Waals surface area (Å²) >= 11 is 12.6. The van der Waals surface area contributed by atoms with Crippen LogP contribution in [0.2, 0.25) is 10.6 Å². The summed E-state index contributed by atoms with van der Waals surface area (Å²) in [5.74, 6) is -3.53. The molecular formula is C46H34Cl2N14O22S6. The molecule has 2 aromatic heterocycles. The third-order valence-corrected chi connectivity index (χ3v) is 17.4. The minimum Gasteiger partial charge on any atom is -0.505 e. The summed E-state index contributed by atoms with van der Waals surface area (Å²) in [6, 6.07) is 15.8. The molecule has 2 heterocycles. The van der Waals surface area contributed by atoms with Crippen molar-refractivity contribution in [2.24, 2.45) is 30.4 Å². The number of aromatic hydroxyl groups is 2. The van der Waals surface area contributed by atoms with Crippen molar-refractivity contribution in [1.29, 1.82) is 0 Å². The van der Waals surface area contributed by atoms with E-state index in [0.29, 0.717) is 24.3 Å². The number of H-pyrrole nitrogens is 2. The molecule has 0 aliphatic heterocycles. The summed E-state index contributed by atoms with van der Waals surface area (Å²) in [5, 5.41) is 41.0. The van der Waals surface area contributed by atoms with Crippen molar-refractivity contribution < 1.29 is 97.5 Å². The van der Waals surface area contributed by atoms with Crippen LogP contribution in [0, 0.1) is 0 Å². The van der Waals surface area contributed by atoms with Gasteiger partial charge in [0.25, 0.3) is 60.7 Å². The van der Waals surface area contributed by atoms with Crippen molar-refractivity contribution in [3.8, 4) is 23.0 Å². The first-order valence-electron chi connectivity index (χ1n) is 23.6. The fraction of sp³-hybridized carbons (Fsp3) is 0.0435. The van der Waals surface area contributed by atoms with Gasteiger partial charge in [-0.25, -0.2) is 9.98 Å². The number of anilines is 4. The summed E-state index contributed by atoms with van der Waals surface area (Å²) in [4.78, 5) is 24.2. The number of aromatic nitrogens is 6. The topological polar surface area (TPSA) is 567 Å². The molecule has 0 saturated heterocycles. The number of aromatic amines is 2. The quantitative estimate of drug-likeness (QED) is 0.0298. The maximum Gasteiger partial charge on any atom is 0.298 e. The number of rotatable bonds is 18. The van der Waals surface area contributed by atoms with Crippen molar-refractivity contribution in [1.82, 2.24) is 29.9 Å². The molecule has 12 N–H and O–H groups in total. The van der Waals surface area contributed by atoms with Gasteiger partial charge in [0, 0.05) is 11.4 Å². The Bertz CT molecular complexity index is 5140. The lowest BCUT2D eigenvalue weighted by molar-refractivity contribution is 0.397. The fourth-order valence-corrected chi connectivity index (χ4v) is 12.2. The predicted octanol–water partition coefficient (Wildman–Crippen LogP) is 7.23. The fourth-order valence-electron chi connectivity index (χ4n) is 8.09. The zero-order chi connectivity index (χ0) is 65.8. The van der Waals surface area contributed by atoms with Crippen molar-refractivity contribution in [2.45, 2.75) is 29.4 Å². The van der Waals surface area contributed by atoms with Crippen molar-refractivity contribution in [3.63, 3.8) is 0 Å². The maximum absolute atomic E-state index is 12.7. The number of benzene rings is 7. The summed E-state index contributed by atoms with van der Waals surface area (Å²) < 4.78 is 218. The van der Waals surface area contributed by atoms with E-state index in [1.165, 1.54) is 24.3 Å². The molecule has 0 saturated carbocycles. The first kappa shape index (κ1) is 65.2. The van der Waals surface area contributed by atoms with Gasteiger partial charge in [0.05, 0.1) is 57.5 Å². The molecule has 36 nitrogen and oxygen atoms in total. The number of azo groups is 2. The Kier molecular flexibility index (Phi) is 17.6. The number of ether oxygens (including phenoxy) is 2. The van der Waals surface area contributed by atoms with Gasteiger partial charge in [-0.15, -0.1) is 10.2 Å². The summed E-state index contributed by atoms with van der Waals surface area (Å²) in [6.45, 7) is 0. The normalized spacial score (nSPS) is 13.2. The van der Waals surface area contributed by atoms with E-state index in [1.54, 1.807) is 0 Å². The van der Waals surface area contributed by atoms with Crippen LogP contribution in [0.15, 0.2) is 157 Å². The first-order chi connectivity index (χ1) is 41.9. The summed E-state index contributed by atoms with van der Waals surface area (Å²) in [7, 11) is -28.7. The lowest BCUT2D eigenvalue weighted by atomic mass is 10.1. The number of phenolic OH excluding ortho intramolecular Hbond substituents is 2. The second kappa shape index (κ2) is 24.3. The molecule has 0 unspecified atom stereocenters. The van der Waals surface area contributed by atoms with Crippen LogP contribution in [0.5, 0.6) is 23.0 Å². The van der Waals surface area contributed by atoms with Crippen LogP contribution < -0.4 is 31.3 Å². The minimum absolute atomic E-state index is 0.225. The Balaban J connectivity index is 1.05. The van der Waals surface area contributed by atoms with E-state index in [4.69, 9.17) is 32.7 Å². The lowest BCUT2D eigenvalue weighted by Gasteiger charge is -2.12. The van der Waals surface area contributed by atoms with Gasteiger partial charge in [0.2, 0.25) is 33.7 Å². The van der Waals surface area contributed by atoms with Crippen molar-refractivity contribution in [3.05, 3.63) is 119 Å². The van der Waals surface area contributed by atoms with Crippen LogP contribution in [0.3, 0.4) is 0 Å². The van der Waals surface area contributed by atoms with E-state index < -0.39 is 168 Å². The van der Waals surface area contributed by atoms with Crippen LogP contribution >= 0.6 is 23.2 Å². The predicted molar refractivity (Wildman–Crippen MR) is 311 cm³/mol. The highest BCUT2D eigenvalue weighted by Gasteiger charge is 2.29. The van der Waals surface area contributed by atoms with Gasteiger partial charge in [0.1, 0.15) is 42.5 Å². The number of fused-ring (bicyclic) bond motifs is 2. The van der Waals surface area contributed by atoms with E-state index in [9.17, 15) is 88.0 Å². The van der Waals surface area contributed by atoms with Gasteiger partial charge in [-0.3, -0.25) is 37.3 Å². The molecule has 0 radical (unpaired) electrons. The Hall–Kier alpha value is -9.28. The van der Waals surface area contributed by atoms with E-state index in [1.807, 2.05) is 0 Å². The number of methoxy groups -OCH3 is 2. The summed E-state index contributed by atoms with van der Waals surface area (Å²) in [5.41, 5.74) is -4.43. The molecule has 0 fully saturated rings. The molecule has 7 aromatic carbocycles. The Labute approximate surface area is 513 Å². The highest BCUT2D eigenvalue weighted by atomic mass is 35.5. The third-order valence-electron chi connectivity index (χ3n) is 11.8. The number of phenols is 2. The SMILES string of the molecule is COc1ccc(N=Nc2c(S(=O)(=O)O)cc3cc(S(=O)(=O)O)cc(N=c4nc(Nc5ccc(Nc6nc(Cl)[nH]c(=Nc7cc(S(=O)(=O)O)cc8cc(S(=O)(=O)O)c(N=Nc9ccc(OC)c(S(=O)(=O)O)c9)c(O)c78)n6)cc5)nc(Cl)[nH]4)c3c2O)cc1S(=O)(=O)O. The molecule has 0 amide bonds. The molecule has 44 heteroatoms. The molecule has 90 heavy (non-hydrogen) atoms. The standard InChI is InChI=1S/C46H34Cl2N14O22S6/c1-83-29-9-7-23(15-31(29)87(71,72)73)59-61-37-33(89(77,78)79)13-19-11-25(85(65,66)67)17-27(35(19)39(37)63)51-45-55-41(47)53-43(57-45)49-21-3-5-22(6-4-21)50-44-54-42(48)56-46(58-44)52-28-18-26(86(68,69)70)12-20-14-34(90(80,81)82)38(40(64)36(20)28)62-60-24-8-10-30(84-2)32(16-24)88(74,75)76/h3-18,63-64H,1-2H3,(H,65,66,67)(H,68,69,70)(H,71,72,73)(H,74,75,76)(H,77,78,79)(H,80,81,82)(H2,49,51,53,55,57)(H2,50,52,54,56,58). The van der Waals surface area contributed by atoms with E-state index >= 15 is 0 Å².